The summed E-state index contributed by atoms with van der Waals surface area (Å²) < 4.78 is 0. The fourth-order valence-corrected chi connectivity index (χ4v) is 1.82. The van der Waals surface area contributed by atoms with Crippen LogP contribution >= 0.6 is 24.0 Å². The summed E-state index contributed by atoms with van der Waals surface area (Å²) in [5.74, 6) is 7.00. The predicted octanol–water partition coefficient (Wildman–Crippen LogP) is 0.653. The van der Waals surface area contributed by atoms with Crippen molar-refractivity contribution in [3.63, 3.8) is 0 Å². The minimum absolute atomic E-state index is 0.480. The SMILES string of the molecule is NNC(=S)NCCSCc1ccccn1. The van der Waals surface area contributed by atoms with Crippen LogP contribution in [0.15, 0.2) is 24.4 Å². The quantitative estimate of drug-likeness (QED) is 0.305. The van der Waals surface area contributed by atoms with Gasteiger partial charge in [0.05, 0.1) is 5.69 Å². The topological polar surface area (TPSA) is 63.0 Å². The lowest BCUT2D eigenvalue weighted by molar-refractivity contribution is 0.906. The van der Waals surface area contributed by atoms with Crippen molar-refractivity contribution in [3.05, 3.63) is 30.1 Å². The summed E-state index contributed by atoms with van der Waals surface area (Å²) in [5, 5.41) is 3.45. The maximum atomic E-state index is 5.11. The Labute approximate surface area is 99.0 Å². The Morgan fingerprint density at radius 1 is 1.53 bits per heavy atom. The molecule has 0 aliphatic rings. The summed E-state index contributed by atoms with van der Waals surface area (Å²) in [5.41, 5.74) is 3.47. The largest absolute Gasteiger partial charge is 0.361 e. The zero-order chi connectivity index (χ0) is 10.9. The monoisotopic (exact) mass is 242 g/mol. The Hall–Kier alpha value is -0.850. The molecule has 0 saturated carbocycles. The molecule has 0 amide bonds. The second-order valence-corrected chi connectivity index (χ2v) is 4.29. The Bertz CT molecular complexity index is 291. The Morgan fingerprint density at radius 3 is 3.07 bits per heavy atom. The molecule has 0 radical (unpaired) electrons. The molecule has 0 unspecified atom stereocenters. The van der Waals surface area contributed by atoms with E-state index in [9.17, 15) is 0 Å². The van der Waals surface area contributed by atoms with Crippen molar-refractivity contribution in [1.29, 1.82) is 0 Å². The highest BCUT2D eigenvalue weighted by atomic mass is 32.2. The van der Waals surface area contributed by atoms with Gasteiger partial charge in [0.1, 0.15) is 0 Å². The number of nitrogens with zero attached hydrogens (tertiary/aromatic N) is 1. The van der Waals surface area contributed by atoms with E-state index in [0.717, 1.165) is 23.7 Å². The van der Waals surface area contributed by atoms with Gasteiger partial charge < -0.3 is 10.7 Å². The number of hydrogen-bond donors (Lipinski definition) is 3. The Balaban J connectivity index is 2.05. The van der Waals surface area contributed by atoms with Crippen molar-refractivity contribution in [1.82, 2.24) is 15.7 Å². The van der Waals surface area contributed by atoms with E-state index in [1.54, 1.807) is 11.8 Å². The fraction of sp³-hybridized carbons (Fsp3) is 0.333. The third-order valence-electron chi connectivity index (χ3n) is 1.64. The number of hydrogen-bond acceptors (Lipinski definition) is 4. The fourth-order valence-electron chi connectivity index (χ4n) is 0.948. The van der Waals surface area contributed by atoms with Gasteiger partial charge in [0.25, 0.3) is 0 Å². The molecule has 82 valence electrons. The lowest BCUT2D eigenvalue weighted by atomic mass is 10.4. The Kier molecular flexibility index (Phi) is 6.06. The van der Waals surface area contributed by atoms with Gasteiger partial charge in [0.15, 0.2) is 5.11 Å². The van der Waals surface area contributed by atoms with Crippen molar-refractivity contribution in [3.8, 4) is 0 Å². The third-order valence-corrected chi connectivity index (χ3v) is 2.89. The van der Waals surface area contributed by atoms with Gasteiger partial charge in [0.2, 0.25) is 0 Å². The number of aromatic nitrogens is 1. The van der Waals surface area contributed by atoms with E-state index >= 15 is 0 Å². The van der Waals surface area contributed by atoms with Crippen molar-refractivity contribution in [2.45, 2.75) is 5.75 Å². The zero-order valence-corrected chi connectivity index (χ0v) is 9.90. The van der Waals surface area contributed by atoms with Crippen LogP contribution in [0.2, 0.25) is 0 Å². The van der Waals surface area contributed by atoms with Crippen LogP contribution in [0, 0.1) is 0 Å². The van der Waals surface area contributed by atoms with Gasteiger partial charge in [-0.25, -0.2) is 5.84 Å². The van der Waals surface area contributed by atoms with Crippen molar-refractivity contribution in [2.24, 2.45) is 5.84 Å². The van der Waals surface area contributed by atoms with Gasteiger partial charge in [-0.2, -0.15) is 11.8 Å². The number of hydrazine groups is 1. The lowest BCUT2D eigenvalue weighted by Gasteiger charge is -2.05. The molecular weight excluding hydrogens is 228 g/mol. The molecule has 0 spiro atoms. The van der Waals surface area contributed by atoms with Gasteiger partial charge in [-0.3, -0.25) is 4.98 Å². The molecule has 0 atom stereocenters. The molecule has 0 aromatic carbocycles. The van der Waals surface area contributed by atoms with Crippen molar-refractivity contribution < 1.29 is 0 Å². The number of thioether (sulfide) groups is 1. The van der Waals surface area contributed by atoms with Crippen molar-refractivity contribution in [2.75, 3.05) is 12.3 Å². The average Bonchev–Trinajstić information content (AvgIpc) is 2.29. The third kappa shape index (κ3) is 5.56. The Morgan fingerprint density at radius 2 is 2.40 bits per heavy atom. The van der Waals surface area contributed by atoms with Crippen LogP contribution in [0.25, 0.3) is 0 Å². The number of pyridine rings is 1. The van der Waals surface area contributed by atoms with Crippen LogP contribution in [0.3, 0.4) is 0 Å². The second-order valence-electron chi connectivity index (χ2n) is 2.77. The standard InChI is InChI=1S/C9H14N4S2/c10-13-9(14)12-5-6-15-7-8-3-1-2-4-11-8/h1-4H,5-7,10H2,(H2,12,13,14). The molecule has 1 aromatic heterocycles. The minimum atomic E-state index is 0.480. The summed E-state index contributed by atoms with van der Waals surface area (Å²) in [6, 6.07) is 5.93. The zero-order valence-electron chi connectivity index (χ0n) is 8.27. The van der Waals surface area contributed by atoms with Gasteiger partial charge in [-0.15, -0.1) is 0 Å². The maximum absolute atomic E-state index is 5.11. The molecule has 0 saturated heterocycles. The smallest absolute Gasteiger partial charge is 0.180 e. The highest BCUT2D eigenvalue weighted by Gasteiger charge is 1.94. The molecule has 1 heterocycles. The van der Waals surface area contributed by atoms with Crippen LogP contribution in [-0.2, 0) is 5.75 Å². The average molecular weight is 242 g/mol. The normalized spacial score (nSPS) is 9.67. The highest BCUT2D eigenvalue weighted by Crippen LogP contribution is 2.07. The molecule has 1 rings (SSSR count). The van der Waals surface area contributed by atoms with E-state index in [-0.39, 0.29) is 0 Å². The molecule has 0 aliphatic carbocycles. The first-order valence-corrected chi connectivity index (χ1v) is 6.11. The van der Waals surface area contributed by atoms with E-state index in [4.69, 9.17) is 18.1 Å². The summed E-state index contributed by atoms with van der Waals surface area (Å²) in [4.78, 5) is 4.23. The summed E-state index contributed by atoms with van der Waals surface area (Å²) in [6.07, 6.45) is 1.81. The van der Waals surface area contributed by atoms with Crippen LogP contribution in [0.1, 0.15) is 5.69 Å². The summed E-state index contributed by atoms with van der Waals surface area (Å²) in [6.45, 7) is 0.806. The van der Waals surface area contributed by atoms with Crippen LogP contribution in [0.4, 0.5) is 0 Å². The molecule has 0 aliphatic heterocycles. The molecule has 4 N–H and O–H groups in total. The van der Waals surface area contributed by atoms with Crippen LogP contribution in [-0.4, -0.2) is 22.4 Å². The number of thiocarbonyl (C=S) groups is 1. The predicted molar refractivity (Wildman–Crippen MR) is 68.3 cm³/mol. The van der Waals surface area contributed by atoms with E-state index < -0.39 is 0 Å². The minimum Gasteiger partial charge on any atom is -0.361 e. The molecule has 1 aromatic rings. The first-order chi connectivity index (χ1) is 7.33. The second kappa shape index (κ2) is 7.44. The van der Waals surface area contributed by atoms with Crippen LogP contribution < -0.4 is 16.6 Å². The molecular formula is C9H14N4S2. The number of rotatable bonds is 5. The number of nitrogens with two attached hydrogens (primary N) is 1. The van der Waals surface area contributed by atoms with Crippen molar-refractivity contribution >= 4 is 29.1 Å². The van der Waals surface area contributed by atoms with Gasteiger partial charge in [-0.1, -0.05) is 6.07 Å². The highest BCUT2D eigenvalue weighted by molar-refractivity contribution is 7.98. The number of nitrogens with one attached hydrogen (secondary N) is 2. The maximum Gasteiger partial charge on any atom is 0.180 e. The van der Waals surface area contributed by atoms with E-state index in [2.05, 4.69) is 15.7 Å². The first-order valence-electron chi connectivity index (χ1n) is 4.55. The molecule has 0 bridgehead atoms. The lowest BCUT2D eigenvalue weighted by Crippen LogP contribution is -2.40. The van der Waals surface area contributed by atoms with Gasteiger partial charge >= 0.3 is 0 Å². The molecule has 15 heavy (non-hydrogen) atoms. The van der Waals surface area contributed by atoms with Crippen LogP contribution in [0.5, 0.6) is 0 Å². The molecule has 4 nitrogen and oxygen atoms in total. The van der Waals surface area contributed by atoms with E-state index in [1.165, 1.54) is 0 Å². The first kappa shape index (κ1) is 12.2. The van der Waals surface area contributed by atoms with E-state index in [0.29, 0.717) is 5.11 Å². The van der Waals surface area contributed by atoms with Gasteiger partial charge in [-0.05, 0) is 24.4 Å². The van der Waals surface area contributed by atoms with E-state index in [1.807, 2.05) is 24.4 Å². The summed E-state index contributed by atoms with van der Waals surface area (Å²) >= 11 is 6.64. The molecule has 6 heteroatoms. The summed E-state index contributed by atoms with van der Waals surface area (Å²) in [7, 11) is 0. The van der Waals surface area contributed by atoms with Gasteiger partial charge in [0, 0.05) is 24.2 Å². The molecule has 0 fully saturated rings.